The number of benzene rings is 2. The van der Waals surface area contributed by atoms with Gasteiger partial charge in [-0.3, -0.25) is 4.98 Å². The molecule has 0 spiro atoms. The highest BCUT2D eigenvalue weighted by Gasteiger charge is 2.69. The Balaban J connectivity index is 1.85. The predicted octanol–water partition coefficient (Wildman–Crippen LogP) is 1.06. The third-order valence-electron chi connectivity index (χ3n) is 7.53. The van der Waals surface area contributed by atoms with E-state index in [2.05, 4.69) is 4.98 Å². The summed E-state index contributed by atoms with van der Waals surface area (Å²) in [6, 6.07) is 20.4. The molecule has 1 aromatic heterocycles. The standard InChI is InChI=1S/C23H12B11N/c24-18(19(25,26)21(29,30)23(33,34)22(31,32)20(18,27)28)16-8-4-7-14(11-16)15-9-10-17(35-12-15)13-5-2-1-3-6-13/h1-12H. The summed E-state index contributed by atoms with van der Waals surface area (Å²) in [7, 11) is 70.1. The minimum absolute atomic E-state index is 0.271. The van der Waals surface area contributed by atoms with Gasteiger partial charge in [0, 0.05) is 17.3 Å². The zero-order chi connectivity index (χ0) is 26.1. The van der Waals surface area contributed by atoms with Crippen LogP contribution in [-0.2, 0) is 5.31 Å². The molecule has 142 valence electrons. The van der Waals surface area contributed by atoms with Crippen LogP contribution in [0.2, 0.25) is 26.1 Å². The predicted molar refractivity (Wildman–Crippen MR) is 154 cm³/mol. The number of aromatic nitrogens is 1. The lowest BCUT2D eigenvalue weighted by molar-refractivity contribution is 0.273. The highest BCUT2D eigenvalue weighted by Crippen LogP contribution is 2.83. The van der Waals surface area contributed by atoms with Crippen LogP contribution < -0.4 is 0 Å². The van der Waals surface area contributed by atoms with Gasteiger partial charge >= 0.3 is 0 Å². The molecule has 1 saturated carbocycles. The molecule has 4 rings (SSSR count). The summed E-state index contributed by atoms with van der Waals surface area (Å²) in [4.78, 5) is 4.56. The molecule has 1 aliphatic carbocycles. The SMILES string of the molecule is [B]C1([B])C([B])([B])C([B])([B])C([B])(c2cccc(-c3ccc(-c4ccccc4)nc3)c2)C([B])([B])C1([B])[B]. The van der Waals surface area contributed by atoms with Crippen molar-refractivity contribution in [2.75, 3.05) is 0 Å². The number of hydrogen-bond acceptors (Lipinski definition) is 1. The first kappa shape index (κ1) is 26.4. The molecule has 2 aromatic carbocycles. The fraction of sp³-hybridized carbons (Fsp3) is 0.261. The van der Waals surface area contributed by atoms with Crippen LogP contribution in [0.25, 0.3) is 22.4 Å². The molecule has 0 N–H and O–H groups in total. The van der Waals surface area contributed by atoms with E-state index in [-0.39, 0.29) is 5.56 Å². The van der Waals surface area contributed by atoms with Gasteiger partial charge < -0.3 is 0 Å². The van der Waals surface area contributed by atoms with Crippen molar-refractivity contribution in [1.29, 1.82) is 0 Å². The Hall–Kier alpha value is -1.70. The van der Waals surface area contributed by atoms with Gasteiger partial charge in [0.25, 0.3) is 0 Å². The lowest BCUT2D eigenvalue weighted by Crippen LogP contribution is -2.70. The highest BCUT2D eigenvalue weighted by molar-refractivity contribution is 6.72. The summed E-state index contributed by atoms with van der Waals surface area (Å²) in [6.45, 7) is 0. The quantitative estimate of drug-likeness (QED) is 0.577. The van der Waals surface area contributed by atoms with Gasteiger partial charge in [0.15, 0.2) is 0 Å². The van der Waals surface area contributed by atoms with Crippen molar-refractivity contribution in [2.45, 2.75) is 31.4 Å². The number of rotatable bonds is 3. The molecule has 22 radical (unpaired) electrons. The lowest BCUT2D eigenvalue weighted by atomic mass is 8.96. The van der Waals surface area contributed by atoms with Crippen LogP contribution in [0, 0.1) is 0 Å². The zero-order valence-corrected chi connectivity index (χ0v) is 19.2. The Bertz CT molecular complexity index is 1210. The largest absolute Gasteiger partial charge is 0.256 e. The first-order valence-electron chi connectivity index (χ1n) is 10.8. The molecule has 12 heteroatoms. The maximum Gasteiger partial charge on any atom is 0.0784 e. The molecular formula is C23H12B11N. The maximum atomic E-state index is 6.81. The van der Waals surface area contributed by atoms with E-state index in [0.29, 0.717) is 5.56 Å². The van der Waals surface area contributed by atoms with Crippen LogP contribution in [0.1, 0.15) is 5.56 Å². The van der Waals surface area contributed by atoms with E-state index in [1.165, 1.54) is 0 Å². The van der Waals surface area contributed by atoms with Crippen molar-refractivity contribution >= 4 is 86.3 Å². The van der Waals surface area contributed by atoms with E-state index in [1.54, 1.807) is 24.4 Å². The van der Waals surface area contributed by atoms with Gasteiger partial charge in [0.1, 0.15) is 0 Å². The van der Waals surface area contributed by atoms with Crippen LogP contribution in [0.4, 0.5) is 0 Å². The summed E-state index contributed by atoms with van der Waals surface area (Å²) < 4.78 is 0. The third kappa shape index (κ3) is 3.34. The van der Waals surface area contributed by atoms with E-state index in [0.717, 1.165) is 16.8 Å². The summed E-state index contributed by atoms with van der Waals surface area (Å²) in [5.41, 5.74) is 3.55. The summed E-state index contributed by atoms with van der Waals surface area (Å²) >= 11 is 0. The van der Waals surface area contributed by atoms with Crippen molar-refractivity contribution in [3.63, 3.8) is 0 Å². The summed E-state index contributed by atoms with van der Waals surface area (Å²) in [6.07, 6.45) is 1.72. The topological polar surface area (TPSA) is 12.9 Å². The van der Waals surface area contributed by atoms with Crippen molar-refractivity contribution in [3.05, 3.63) is 78.5 Å². The molecule has 0 unspecified atom stereocenters. The summed E-state index contributed by atoms with van der Waals surface area (Å²) in [5, 5.41) is -13.6. The first-order chi connectivity index (χ1) is 16.0. The van der Waals surface area contributed by atoms with Crippen LogP contribution >= 0.6 is 0 Å². The number of pyridine rings is 1. The molecule has 0 saturated heterocycles. The molecule has 1 heterocycles. The van der Waals surface area contributed by atoms with Gasteiger partial charge in [-0.2, -0.15) is 0 Å². The summed E-state index contributed by atoms with van der Waals surface area (Å²) in [5.74, 6) is 0. The molecule has 35 heavy (non-hydrogen) atoms. The third-order valence-corrected chi connectivity index (χ3v) is 7.53. The van der Waals surface area contributed by atoms with E-state index in [4.69, 9.17) is 86.3 Å². The van der Waals surface area contributed by atoms with Crippen molar-refractivity contribution < 1.29 is 0 Å². The van der Waals surface area contributed by atoms with E-state index in [1.807, 2.05) is 48.5 Å². The Morgan fingerprint density at radius 2 is 0.971 bits per heavy atom. The zero-order valence-electron chi connectivity index (χ0n) is 19.2. The lowest BCUT2D eigenvalue weighted by Gasteiger charge is -2.82. The number of nitrogens with zero attached hydrogens (tertiary/aromatic N) is 1. The second-order valence-electron chi connectivity index (χ2n) is 9.53. The van der Waals surface area contributed by atoms with E-state index >= 15 is 0 Å². The molecule has 0 bridgehead atoms. The van der Waals surface area contributed by atoms with Crippen LogP contribution in [-0.4, -0.2) is 91.3 Å². The van der Waals surface area contributed by atoms with Crippen LogP contribution in [0.3, 0.4) is 0 Å². The van der Waals surface area contributed by atoms with Gasteiger partial charge in [0.2, 0.25) is 0 Å². The fourth-order valence-corrected chi connectivity index (χ4v) is 4.79. The average molecular weight is 421 g/mol. The molecule has 1 fully saturated rings. The second-order valence-corrected chi connectivity index (χ2v) is 9.53. The maximum absolute atomic E-state index is 6.81. The Morgan fingerprint density at radius 1 is 0.457 bits per heavy atom. The van der Waals surface area contributed by atoms with Gasteiger partial charge in [0.05, 0.1) is 92.0 Å². The normalized spacial score (nSPS) is 22.6. The van der Waals surface area contributed by atoms with Gasteiger partial charge in [-0.05, 0) is 11.6 Å². The van der Waals surface area contributed by atoms with Crippen LogP contribution in [0.15, 0.2) is 72.9 Å². The van der Waals surface area contributed by atoms with Crippen molar-refractivity contribution in [3.8, 4) is 22.4 Å². The average Bonchev–Trinajstić information content (AvgIpc) is 2.83. The molecule has 1 aliphatic rings. The highest BCUT2D eigenvalue weighted by atomic mass is 14.7. The number of hydrogen-bond donors (Lipinski definition) is 0. The van der Waals surface area contributed by atoms with Gasteiger partial charge in [-0.25, -0.2) is 0 Å². The Labute approximate surface area is 223 Å². The Morgan fingerprint density at radius 3 is 1.49 bits per heavy atom. The molecule has 1 nitrogen and oxygen atoms in total. The van der Waals surface area contributed by atoms with E-state index in [9.17, 15) is 0 Å². The van der Waals surface area contributed by atoms with Crippen LogP contribution in [0.5, 0.6) is 0 Å². The second kappa shape index (κ2) is 8.16. The van der Waals surface area contributed by atoms with Gasteiger partial charge in [-0.15, -0.1) is 26.1 Å². The molecular weight excluding hydrogens is 409 g/mol. The monoisotopic (exact) mass is 423 g/mol. The smallest absolute Gasteiger partial charge is 0.0784 e. The Kier molecular flexibility index (Phi) is 6.14. The fourth-order valence-electron chi connectivity index (χ4n) is 4.79. The van der Waals surface area contributed by atoms with Crippen molar-refractivity contribution in [1.82, 2.24) is 4.98 Å². The minimum atomic E-state index is -2.31. The van der Waals surface area contributed by atoms with Crippen molar-refractivity contribution in [2.24, 2.45) is 0 Å². The molecule has 0 atom stereocenters. The molecule has 0 amide bonds. The minimum Gasteiger partial charge on any atom is -0.256 e. The van der Waals surface area contributed by atoms with Gasteiger partial charge in [-0.1, -0.05) is 71.5 Å². The molecule has 0 aliphatic heterocycles. The molecule has 3 aromatic rings. The van der Waals surface area contributed by atoms with E-state index < -0.39 is 31.4 Å². The first-order valence-corrected chi connectivity index (χ1v) is 10.8.